The van der Waals surface area contributed by atoms with Gasteiger partial charge in [-0.2, -0.15) is 11.3 Å². The molecule has 0 aliphatic carbocycles. The van der Waals surface area contributed by atoms with Crippen LogP contribution in [0, 0.1) is 5.82 Å². The van der Waals surface area contributed by atoms with Crippen molar-refractivity contribution in [2.45, 2.75) is 12.0 Å². The Morgan fingerprint density at radius 1 is 1.23 bits per heavy atom. The van der Waals surface area contributed by atoms with E-state index in [4.69, 9.17) is 0 Å². The number of rotatable bonds is 2. The maximum atomic E-state index is 14.0. The van der Waals surface area contributed by atoms with Gasteiger partial charge in [0, 0.05) is 25.0 Å². The van der Waals surface area contributed by atoms with Gasteiger partial charge in [-0.1, -0.05) is 12.1 Å². The summed E-state index contributed by atoms with van der Waals surface area (Å²) in [6, 6.07) is 8.03. The number of likely N-dealkylation sites (tertiary alicyclic amines) is 1. The summed E-state index contributed by atoms with van der Waals surface area (Å²) in [4.78, 5) is 30.8. The summed E-state index contributed by atoms with van der Waals surface area (Å²) in [6.45, 7) is 1.91. The topological polar surface area (TPSA) is 43.9 Å². The summed E-state index contributed by atoms with van der Waals surface area (Å²) in [5.41, 5.74) is 0.719. The van der Waals surface area contributed by atoms with Crippen molar-refractivity contribution in [3.63, 3.8) is 0 Å². The average molecular weight is 373 g/mol. The summed E-state index contributed by atoms with van der Waals surface area (Å²) in [7, 11) is 1.93. The number of anilines is 1. The number of piperazine rings is 1. The lowest BCUT2D eigenvalue weighted by molar-refractivity contribution is -0.123. The van der Waals surface area contributed by atoms with Gasteiger partial charge in [-0.25, -0.2) is 4.39 Å². The van der Waals surface area contributed by atoms with Crippen molar-refractivity contribution < 1.29 is 14.0 Å². The molecular weight excluding hydrogens is 353 g/mol. The fourth-order valence-corrected chi connectivity index (χ4v) is 4.52. The van der Waals surface area contributed by atoms with Crippen LogP contribution in [0.3, 0.4) is 0 Å². The third-order valence-electron chi connectivity index (χ3n) is 5.48. The van der Waals surface area contributed by atoms with Crippen LogP contribution >= 0.6 is 11.3 Å². The van der Waals surface area contributed by atoms with Crippen LogP contribution in [0.2, 0.25) is 0 Å². The SMILES string of the molecule is CN1CC(=O)N(c2ccsc2)C[C@]12CCN(C(=O)c1ccccc1F)C2. The second-order valence-electron chi connectivity index (χ2n) is 7.00. The number of halogens is 1. The highest BCUT2D eigenvalue weighted by molar-refractivity contribution is 7.08. The Labute approximate surface area is 155 Å². The lowest BCUT2D eigenvalue weighted by Gasteiger charge is -2.46. The minimum absolute atomic E-state index is 0.0652. The minimum Gasteiger partial charge on any atom is -0.337 e. The van der Waals surface area contributed by atoms with Crippen LogP contribution in [0.15, 0.2) is 41.1 Å². The van der Waals surface area contributed by atoms with Crippen LogP contribution in [-0.4, -0.2) is 60.4 Å². The third-order valence-corrected chi connectivity index (χ3v) is 6.15. The number of hydrogen-bond acceptors (Lipinski definition) is 4. The third kappa shape index (κ3) is 2.81. The average Bonchev–Trinajstić information content (AvgIpc) is 3.29. The van der Waals surface area contributed by atoms with Crippen molar-refractivity contribution in [1.29, 1.82) is 0 Å². The van der Waals surface area contributed by atoms with Crippen LogP contribution in [0.25, 0.3) is 0 Å². The maximum Gasteiger partial charge on any atom is 0.256 e. The Morgan fingerprint density at radius 3 is 2.77 bits per heavy atom. The van der Waals surface area contributed by atoms with Gasteiger partial charge in [0.1, 0.15) is 5.82 Å². The molecule has 1 atom stereocenters. The monoisotopic (exact) mass is 373 g/mol. The zero-order valence-corrected chi connectivity index (χ0v) is 15.3. The van der Waals surface area contributed by atoms with E-state index in [1.165, 1.54) is 12.1 Å². The summed E-state index contributed by atoms with van der Waals surface area (Å²) in [5.74, 6) is -0.715. The van der Waals surface area contributed by atoms with E-state index < -0.39 is 5.82 Å². The Kier molecular flexibility index (Phi) is 4.28. The molecule has 0 N–H and O–H groups in total. The highest BCUT2D eigenvalue weighted by Crippen LogP contribution is 2.34. The Balaban J connectivity index is 1.57. The molecule has 0 radical (unpaired) electrons. The van der Waals surface area contributed by atoms with Gasteiger partial charge in [0.05, 0.1) is 23.3 Å². The Morgan fingerprint density at radius 2 is 2.04 bits per heavy atom. The molecule has 4 rings (SSSR count). The fourth-order valence-electron chi connectivity index (χ4n) is 3.88. The van der Waals surface area contributed by atoms with E-state index in [2.05, 4.69) is 0 Å². The van der Waals surface area contributed by atoms with Crippen molar-refractivity contribution in [3.05, 3.63) is 52.5 Å². The molecule has 0 saturated carbocycles. The van der Waals surface area contributed by atoms with Crippen molar-refractivity contribution >= 4 is 28.8 Å². The molecule has 26 heavy (non-hydrogen) atoms. The zero-order valence-electron chi connectivity index (χ0n) is 14.5. The zero-order chi connectivity index (χ0) is 18.3. The highest BCUT2D eigenvalue weighted by Gasteiger charge is 2.48. The molecule has 3 heterocycles. The molecular formula is C19H20FN3O2S. The summed E-state index contributed by atoms with van der Waals surface area (Å²) >= 11 is 1.56. The van der Waals surface area contributed by atoms with Crippen LogP contribution in [0.1, 0.15) is 16.8 Å². The molecule has 1 aromatic carbocycles. The molecule has 2 aromatic rings. The summed E-state index contributed by atoms with van der Waals surface area (Å²) in [5, 5.41) is 3.92. The predicted octanol–water partition coefficient (Wildman–Crippen LogP) is 2.45. The van der Waals surface area contributed by atoms with E-state index in [-0.39, 0.29) is 22.9 Å². The lowest BCUT2D eigenvalue weighted by Crippen LogP contribution is -2.64. The maximum absolute atomic E-state index is 14.0. The van der Waals surface area contributed by atoms with Gasteiger partial charge in [0.15, 0.2) is 0 Å². The molecule has 1 aromatic heterocycles. The molecule has 1 spiro atoms. The second kappa shape index (κ2) is 6.48. The molecule has 2 aliphatic rings. The van der Waals surface area contributed by atoms with Crippen molar-refractivity contribution in [3.8, 4) is 0 Å². The number of hydrogen-bond donors (Lipinski definition) is 0. The van der Waals surface area contributed by atoms with E-state index in [0.29, 0.717) is 26.2 Å². The second-order valence-corrected chi connectivity index (χ2v) is 7.78. The fraction of sp³-hybridized carbons (Fsp3) is 0.368. The molecule has 2 saturated heterocycles. The highest BCUT2D eigenvalue weighted by atomic mass is 32.1. The Hall–Kier alpha value is -2.25. The molecule has 7 heteroatoms. The van der Waals surface area contributed by atoms with Crippen molar-refractivity contribution in [2.24, 2.45) is 0 Å². The molecule has 5 nitrogen and oxygen atoms in total. The van der Waals surface area contributed by atoms with E-state index in [1.54, 1.807) is 28.4 Å². The van der Waals surface area contributed by atoms with E-state index in [1.807, 2.05) is 33.7 Å². The number of nitrogens with zero attached hydrogens (tertiary/aromatic N) is 3. The first-order chi connectivity index (χ1) is 12.5. The standard InChI is InChI=1S/C19H20FN3O2S/c1-21-10-17(24)23(14-6-9-26-11-14)13-19(21)7-8-22(12-19)18(25)15-4-2-3-5-16(15)20/h2-6,9,11H,7-8,10,12-13H2,1H3/t19-/m1/s1. The minimum atomic E-state index is -0.495. The van der Waals surface area contributed by atoms with E-state index in [0.717, 1.165) is 12.1 Å². The normalized spacial score (nSPS) is 23.8. The number of amides is 2. The number of thiophene rings is 1. The number of carbonyl (C=O) groups is 2. The first-order valence-electron chi connectivity index (χ1n) is 8.58. The number of carbonyl (C=O) groups excluding carboxylic acids is 2. The smallest absolute Gasteiger partial charge is 0.256 e. The molecule has 0 unspecified atom stereocenters. The van der Waals surface area contributed by atoms with Crippen LogP contribution in [0.4, 0.5) is 10.1 Å². The van der Waals surface area contributed by atoms with E-state index in [9.17, 15) is 14.0 Å². The molecule has 136 valence electrons. The van der Waals surface area contributed by atoms with Crippen LogP contribution < -0.4 is 4.90 Å². The number of benzene rings is 1. The van der Waals surface area contributed by atoms with Gasteiger partial charge in [-0.05, 0) is 37.0 Å². The summed E-state index contributed by atoms with van der Waals surface area (Å²) in [6.07, 6.45) is 0.762. The molecule has 2 fully saturated rings. The predicted molar refractivity (Wildman–Crippen MR) is 99.0 cm³/mol. The largest absolute Gasteiger partial charge is 0.337 e. The summed E-state index contributed by atoms with van der Waals surface area (Å²) < 4.78 is 14.0. The molecule has 2 aliphatic heterocycles. The van der Waals surface area contributed by atoms with Crippen LogP contribution in [0.5, 0.6) is 0 Å². The first kappa shape index (κ1) is 17.2. The molecule has 0 bridgehead atoms. The van der Waals surface area contributed by atoms with Gasteiger partial charge >= 0.3 is 0 Å². The van der Waals surface area contributed by atoms with E-state index >= 15 is 0 Å². The van der Waals surface area contributed by atoms with Gasteiger partial charge in [0.25, 0.3) is 5.91 Å². The van der Waals surface area contributed by atoms with Crippen molar-refractivity contribution in [2.75, 3.05) is 38.1 Å². The van der Waals surface area contributed by atoms with Crippen molar-refractivity contribution in [1.82, 2.24) is 9.80 Å². The van der Waals surface area contributed by atoms with Gasteiger partial charge in [-0.3, -0.25) is 14.5 Å². The number of likely N-dealkylation sites (N-methyl/N-ethyl adjacent to an activating group) is 1. The lowest BCUT2D eigenvalue weighted by atomic mass is 9.93. The van der Waals surface area contributed by atoms with Crippen LogP contribution in [-0.2, 0) is 4.79 Å². The van der Waals surface area contributed by atoms with Gasteiger partial charge in [-0.15, -0.1) is 0 Å². The van der Waals surface area contributed by atoms with Gasteiger partial charge in [0.2, 0.25) is 5.91 Å². The van der Waals surface area contributed by atoms with Gasteiger partial charge < -0.3 is 9.80 Å². The Bertz CT molecular complexity index is 841. The molecule has 2 amide bonds. The quantitative estimate of drug-likeness (QED) is 0.812. The first-order valence-corrected chi connectivity index (χ1v) is 9.52.